The van der Waals surface area contributed by atoms with Crippen molar-refractivity contribution in [3.63, 3.8) is 0 Å². The SMILES string of the molecule is COc1cccc(C(=O)Nc2cccc(-c3nc4ccccc4[nH]3)c2)c1.Cl. The van der Waals surface area contributed by atoms with Gasteiger partial charge in [-0.25, -0.2) is 4.98 Å². The Morgan fingerprint density at radius 2 is 1.81 bits per heavy atom. The molecule has 0 fully saturated rings. The lowest BCUT2D eigenvalue weighted by molar-refractivity contribution is 0.102. The molecule has 0 aliphatic rings. The van der Waals surface area contributed by atoms with Crippen LogP contribution < -0.4 is 10.1 Å². The number of hydrogen-bond donors (Lipinski definition) is 2. The monoisotopic (exact) mass is 379 g/mol. The Morgan fingerprint density at radius 3 is 2.63 bits per heavy atom. The molecule has 0 aliphatic carbocycles. The Balaban J connectivity index is 0.00000210. The fraction of sp³-hybridized carbons (Fsp3) is 0.0476. The second-order valence-corrected chi connectivity index (χ2v) is 5.87. The molecule has 6 heteroatoms. The number of H-pyrrole nitrogens is 1. The van der Waals surface area contributed by atoms with Crippen molar-refractivity contribution < 1.29 is 9.53 Å². The fourth-order valence-electron chi connectivity index (χ4n) is 2.80. The van der Waals surface area contributed by atoms with E-state index in [1.165, 1.54) is 0 Å². The molecular formula is C21H18ClN3O2. The van der Waals surface area contributed by atoms with Crippen LogP contribution in [0.25, 0.3) is 22.4 Å². The highest BCUT2D eigenvalue weighted by Crippen LogP contribution is 2.23. The van der Waals surface area contributed by atoms with Crippen molar-refractivity contribution in [1.29, 1.82) is 0 Å². The summed E-state index contributed by atoms with van der Waals surface area (Å²) in [6.07, 6.45) is 0. The van der Waals surface area contributed by atoms with E-state index in [9.17, 15) is 4.79 Å². The summed E-state index contributed by atoms with van der Waals surface area (Å²) in [7, 11) is 1.58. The number of ether oxygens (including phenoxy) is 1. The van der Waals surface area contributed by atoms with Crippen molar-refractivity contribution >= 4 is 35.0 Å². The number of carbonyl (C=O) groups is 1. The van der Waals surface area contributed by atoms with Gasteiger partial charge in [0.15, 0.2) is 0 Å². The van der Waals surface area contributed by atoms with Crippen molar-refractivity contribution in [3.05, 3.63) is 78.4 Å². The average molecular weight is 380 g/mol. The lowest BCUT2D eigenvalue weighted by Crippen LogP contribution is -2.11. The summed E-state index contributed by atoms with van der Waals surface area (Å²) in [6, 6.07) is 22.5. The molecule has 0 atom stereocenters. The number of methoxy groups -OCH3 is 1. The number of fused-ring (bicyclic) bond motifs is 1. The van der Waals surface area contributed by atoms with Gasteiger partial charge in [0.05, 0.1) is 18.1 Å². The molecule has 1 heterocycles. The highest BCUT2D eigenvalue weighted by molar-refractivity contribution is 6.04. The molecule has 5 nitrogen and oxygen atoms in total. The van der Waals surface area contributed by atoms with Gasteiger partial charge in [0.25, 0.3) is 5.91 Å². The molecule has 0 aliphatic heterocycles. The summed E-state index contributed by atoms with van der Waals surface area (Å²) >= 11 is 0. The Morgan fingerprint density at radius 1 is 1.00 bits per heavy atom. The maximum absolute atomic E-state index is 12.5. The van der Waals surface area contributed by atoms with E-state index in [1.54, 1.807) is 31.4 Å². The summed E-state index contributed by atoms with van der Waals surface area (Å²) in [5, 5.41) is 2.92. The quantitative estimate of drug-likeness (QED) is 0.529. The number of amides is 1. The Labute approximate surface area is 162 Å². The number of hydrogen-bond acceptors (Lipinski definition) is 3. The van der Waals surface area contributed by atoms with Crippen LogP contribution in [0.3, 0.4) is 0 Å². The largest absolute Gasteiger partial charge is 0.497 e. The van der Waals surface area contributed by atoms with E-state index in [1.807, 2.05) is 48.5 Å². The van der Waals surface area contributed by atoms with E-state index in [2.05, 4.69) is 15.3 Å². The number of nitrogens with zero attached hydrogens (tertiary/aromatic N) is 1. The molecule has 0 spiro atoms. The first-order valence-electron chi connectivity index (χ1n) is 8.23. The molecule has 3 aromatic carbocycles. The van der Waals surface area contributed by atoms with Crippen molar-refractivity contribution in [2.75, 3.05) is 12.4 Å². The number of nitrogens with one attached hydrogen (secondary N) is 2. The van der Waals surface area contributed by atoms with Crippen LogP contribution in [0.15, 0.2) is 72.8 Å². The highest BCUT2D eigenvalue weighted by Gasteiger charge is 2.09. The van der Waals surface area contributed by atoms with E-state index in [0.717, 1.165) is 22.4 Å². The van der Waals surface area contributed by atoms with Crippen LogP contribution in [-0.2, 0) is 0 Å². The average Bonchev–Trinajstić information content (AvgIpc) is 3.12. The first kappa shape index (κ1) is 18.5. The maximum Gasteiger partial charge on any atom is 0.255 e. The van der Waals surface area contributed by atoms with Gasteiger partial charge in [-0.3, -0.25) is 4.79 Å². The highest BCUT2D eigenvalue weighted by atomic mass is 35.5. The van der Waals surface area contributed by atoms with E-state index in [0.29, 0.717) is 17.0 Å². The van der Waals surface area contributed by atoms with Crippen molar-refractivity contribution in [3.8, 4) is 17.1 Å². The number of rotatable bonds is 4. The minimum Gasteiger partial charge on any atom is -0.497 e. The Bertz CT molecular complexity index is 1060. The van der Waals surface area contributed by atoms with Gasteiger partial charge in [0.2, 0.25) is 0 Å². The van der Waals surface area contributed by atoms with E-state index >= 15 is 0 Å². The zero-order valence-corrected chi connectivity index (χ0v) is 15.4. The van der Waals surface area contributed by atoms with Gasteiger partial charge in [0.1, 0.15) is 11.6 Å². The first-order chi connectivity index (χ1) is 12.7. The van der Waals surface area contributed by atoms with Crippen molar-refractivity contribution in [2.45, 2.75) is 0 Å². The third kappa shape index (κ3) is 3.93. The summed E-state index contributed by atoms with van der Waals surface area (Å²) in [4.78, 5) is 20.4. The molecule has 0 saturated carbocycles. The summed E-state index contributed by atoms with van der Waals surface area (Å²) in [6.45, 7) is 0. The minimum atomic E-state index is -0.189. The van der Waals surface area contributed by atoms with Crippen molar-refractivity contribution in [2.24, 2.45) is 0 Å². The predicted octanol–water partition coefficient (Wildman–Crippen LogP) is 4.91. The summed E-state index contributed by atoms with van der Waals surface area (Å²) < 4.78 is 5.17. The molecule has 1 aromatic heterocycles. The number of imidazole rings is 1. The second-order valence-electron chi connectivity index (χ2n) is 5.87. The lowest BCUT2D eigenvalue weighted by Gasteiger charge is -2.08. The summed E-state index contributed by atoms with van der Waals surface area (Å²) in [5.74, 6) is 1.23. The standard InChI is InChI=1S/C21H17N3O2.ClH/c1-26-17-9-5-7-15(13-17)21(25)22-16-8-4-6-14(12-16)20-23-18-10-2-3-11-19(18)24-20;/h2-13H,1H3,(H,22,25)(H,23,24);1H. The normalized spacial score (nSPS) is 10.3. The number of benzene rings is 3. The number of anilines is 1. The predicted molar refractivity (Wildman–Crippen MR) is 110 cm³/mol. The van der Waals surface area contributed by atoms with Gasteiger partial charge in [-0.05, 0) is 42.5 Å². The second kappa shape index (κ2) is 7.93. The molecule has 4 rings (SSSR count). The van der Waals surface area contributed by atoms with Crippen LogP contribution in [0, 0.1) is 0 Å². The van der Waals surface area contributed by atoms with Gasteiger partial charge < -0.3 is 15.0 Å². The summed E-state index contributed by atoms with van der Waals surface area (Å²) in [5.41, 5.74) is 4.04. The van der Waals surface area contributed by atoms with Gasteiger partial charge >= 0.3 is 0 Å². The number of aromatic amines is 1. The zero-order valence-electron chi connectivity index (χ0n) is 14.6. The molecule has 2 N–H and O–H groups in total. The number of aromatic nitrogens is 2. The topological polar surface area (TPSA) is 67.0 Å². The third-order valence-electron chi connectivity index (χ3n) is 4.12. The number of para-hydroxylation sites is 2. The smallest absolute Gasteiger partial charge is 0.255 e. The van der Waals surface area contributed by atoms with Crippen LogP contribution in [-0.4, -0.2) is 23.0 Å². The lowest BCUT2D eigenvalue weighted by atomic mass is 10.1. The molecule has 0 saturated heterocycles. The van der Waals surface area contributed by atoms with Gasteiger partial charge in [-0.1, -0.05) is 30.3 Å². The molecule has 1 amide bonds. The first-order valence-corrected chi connectivity index (χ1v) is 8.23. The number of carbonyl (C=O) groups excluding carboxylic acids is 1. The zero-order chi connectivity index (χ0) is 17.9. The van der Waals surface area contributed by atoms with Crippen molar-refractivity contribution in [1.82, 2.24) is 9.97 Å². The molecular weight excluding hydrogens is 362 g/mol. The minimum absolute atomic E-state index is 0. The van der Waals surface area contributed by atoms with E-state index < -0.39 is 0 Å². The van der Waals surface area contributed by atoms with Crippen LogP contribution in [0.5, 0.6) is 5.75 Å². The molecule has 27 heavy (non-hydrogen) atoms. The van der Waals surface area contributed by atoms with Gasteiger partial charge in [-0.15, -0.1) is 12.4 Å². The molecule has 0 unspecified atom stereocenters. The third-order valence-corrected chi connectivity index (χ3v) is 4.12. The van der Waals surface area contributed by atoms with Gasteiger partial charge in [-0.2, -0.15) is 0 Å². The Kier molecular flexibility index (Phi) is 5.43. The van der Waals surface area contributed by atoms with Crippen LogP contribution in [0.2, 0.25) is 0 Å². The van der Waals surface area contributed by atoms with E-state index in [4.69, 9.17) is 4.74 Å². The molecule has 0 bridgehead atoms. The maximum atomic E-state index is 12.5. The Hall–Kier alpha value is -3.31. The van der Waals surface area contributed by atoms with Crippen LogP contribution in [0.1, 0.15) is 10.4 Å². The van der Waals surface area contributed by atoms with E-state index in [-0.39, 0.29) is 18.3 Å². The molecule has 4 aromatic rings. The molecule has 136 valence electrons. The van der Waals surface area contributed by atoms with Crippen LogP contribution in [0.4, 0.5) is 5.69 Å². The number of halogens is 1. The molecule has 0 radical (unpaired) electrons. The van der Waals surface area contributed by atoms with Gasteiger partial charge in [0, 0.05) is 16.8 Å². The van der Waals surface area contributed by atoms with Crippen LogP contribution >= 0.6 is 12.4 Å². The fourth-order valence-corrected chi connectivity index (χ4v) is 2.80.